The number of anilines is 2. The fourth-order valence-corrected chi connectivity index (χ4v) is 13.4. The van der Waals surface area contributed by atoms with Crippen LogP contribution in [0.1, 0.15) is 149 Å². The fourth-order valence-electron chi connectivity index (χ4n) is 13.4. The normalized spacial score (nSPS) is 20.0. The lowest BCUT2D eigenvalue weighted by Crippen LogP contribution is -2.53. The summed E-state index contributed by atoms with van der Waals surface area (Å²) < 4.78 is 23.8. The van der Waals surface area contributed by atoms with E-state index in [1.165, 1.54) is 44.1 Å². The number of carbonyl (C=O) groups is 7. The molecule has 500 valence electrons. The molecule has 94 heavy (non-hydrogen) atoms. The predicted octanol–water partition coefficient (Wildman–Crippen LogP) is 10.4. The maximum absolute atomic E-state index is 14.1. The molecule has 5 heterocycles. The molecule has 0 bridgehead atoms. The Morgan fingerprint density at radius 3 is 2.05 bits per heavy atom. The number of methoxy groups -OCH3 is 2. The Morgan fingerprint density at radius 1 is 0.713 bits per heavy atom. The zero-order chi connectivity index (χ0) is 66.4. The van der Waals surface area contributed by atoms with Crippen LogP contribution in [-0.2, 0) is 24.0 Å². The van der Waals surface area contributed by atoms with Gasteiger partial charge >= 0.3 is 0 Å². The number of unbranched alkanes of at least 4 members (excludes halogenated alkanes) is 2. The van der Waals surface area contributed by atoms with Crippen molar-refractivity contribution in [2.75, 3.05) is 84.5 Å². The Labute approximate surface area is 552 Å². The van der Waals surface area contributed by atoms with Gasteiger partial charge < -0.3 is 54.5 Å². The zero-order valence-electron chi connectivity index (χ0n) is 55.5. The molecule has 2 saturated heterocycles. The highest BCUT2D eigenvalue weighted by atomic mass is 16.5. The molecule has 0 radical (unpaired) electrons. The summed E-state index contributed by atoms with van der Waals surface area (Å²) in [6.07, 6.45) is 20.3. The Morgan fingerprint density at radius 2 is 1.37 bits per heavy atom. The van der Waals surface area contributed by atoms with Gasteiger partial charge in [0.1, 0.15) is 12.1 Å². The summed E-state index contributed by atoms with van der Waals surface area (Å²) in [5, 5.41) is 8.51. The first-order valence-corrected chi connectivity index (χ1v) is 33.6. The number of carbonyl (C=O) groups excluding carboxylic acids is 7. The SMILES string of the molecule is COc1cc2c(cc1OCCCOc1cc(/N=C\C3CC(c4ccc(NC(=O)C(C)NC(=O)C(NC(=O)CCCCCN5C(=O)CC(C6CCCCCCC6)C5=O)C(C)C)cc4)=CN3C)c(C=O)cc1OC)N=CC1CC(c3ccc(N4CCN(C)CC4)cc3)=CN1C2=O. The van der Waals surface area contributed by atoms with Gasteiger partial charge in [0.05, 0.1) is 62.4 Å². The third-order valence-corrected chi connectivity index (χ3v) is 19.1. The van der Waals surface area contributed by atoms with Gasteiger partial charge in [-0.05, 0) is 117 Å². The lowest BCUT2D eigenvalue weighted by atomic mass is 9.81. The summed E-state index contributed by atoms with van der Waals surface area (Å²) in [7, 11) is 7.15. The monoisotopic (exact) mass is 1280 g/mol. The minimum Gasteiger partial charge on any atom is -0.493 e. The number of rotatable bonds is 27. The van der Waals surface area contributed by atoms with Crippen LogP contribution in [0.3, 0.4) is 0 Å². The molecule has 4 aromatic carbocycles. The van der Waals surface area contributed by atoms with Gasteiger partial charge in [0.25, 0.3) is 5.91 Å². The van der Waals surface area contributed by atoms with E-state index >= 15 is 0 Å². The summed E-state index contributed by atoms with van der Waals surface area (Å²) in [5.74, 6) is 0.0357. The second-order valence-corrected chi connectivity index (χ2v) is 26.1. The molecule has 0 aromatic heterocycles. The molecule has 4 aromatic rings. The number of nitrogens with zero attached hydrogens (tertiary/aromatic N) is 7. The molecule has 1 saturated carbocycles. The zero-order valence-corrected chi connectivity index (χ0v) is 55.5. The van der Waals surface area contributed by atoms with Crippen LogP contribution in [0.15, 0.2) is 95.2 Å². The van der Waals surface area contributed by atoms with Gasteiger partial charge in [-0.15, -0.1) is 0 Å². The third kappa shape index (κ3) is 16.7. The van der Waals surface area contributed by atoms with Gasteiger partial charge in [-0.25, -0.2) is 0 Å². The molecule has 21 heteroatoms. The van der Waals surface area contributed by atoms with Gasteiger partial charge in [-0.3, -0.25) is 48.4 Å². The number of hydrogen-bond acceptors (Lipinski definition) is 16. The van der Waals surface area contributed by atoms with E-state index in [-0.39, 0.29) is 73.1 Å². The highest BCUT2D eigenvalue weighted by Gasteiger charge is 2.42. The Bertz CT molecular complexity index is 3510. The molecule has 21 nitrogen and oxygen atoms in total. The van der Waals surface area contributed by atoms with Crippen LogP contribution in [0.25, 0.3) is 11.1 Å². The summed E-state index contributed by atoms with van der Waals surface area (Å²) in [4.78, 5) is 112. The van der Waals surface area contributed by atoms with Crippen LogP contribution in [-0.4, -0.2) is 172 Å². The van der Waals surface area contributed by atoms with Crippen LogP contribution in [0, 0.1) is 17.8 Å². The lowest BCUT2D eigenvalue weighted by molar-refractivity contribution is -0.140. The molecule has 1 aliphatic carbocycles. The van der Waals surface area contributed by atoms with Crippen LogP contribution in [0.2, 0.25) is 0 Å². The van der Waals surface area contributed by atoms with Crippen molar-refractivity contribution >= 4 is 88.1 Å². The number of likely N-dealkylation sites (N-methyl/N-ethyl adjacent to an activating group) is 1. The van der Waals surface area contributed by atoms with Crippen molar-refractivity contribution in [3.8, 4) is 23.0 Å². The number of piperazine rings is 1. The number of amides is 6. The number of ether oxygens (including phenoxy) is 4. The van der Waals surface area contributed by atoms with Crippen molar-refractivity contribution in [3.63, 3.8) is 0 Å². The van der Waals surface area contributed by atoms with Crippen molar-refractivity contribution in [1.29, 1.82) is 0 Å². The standard InChI is InChI=1S/C73H92N10O11/c1-47(2)69(78-67(85)19-14-11-15-28-82-68(86)39-59(72(82)89)51-17-12-9-8-10-13-18-51)71(88)76-48(3)70(87)77-55-24-20-49(21-25-55)52-35-57(80(5)44-52)42-74-61-40-65(63(91-6)37-54(61)46-84)93-33-16-34-94-66-41-62-60(38-64(66)92-7)73(90)83-45-53(36-58(83)43-75-62)50-22-26-56(27-23-50)81-31-29-79(4)30-32-81/h20-27,37-38,40-48,51,57-59,69H,8-19,28-36,39H2,1-7H3,(H,76,88)(H,77,87)(H,78,85)/b74-42-. The molecule has 5 atom stereocenters. The molecule has 3 fully saturated rings. The van der Waals surface area contributed by atoms with Crippen molar-refractivity contribution in [2.24, 2.45) is 27.7 Å². The number of likely N-dealkylation sites (tertiary alicyclic amines) is 1. The number of benzene rings is 4. The minimum absolute atomic E-state index is 0.0295. The van der Waals surface area contributed by atoms with E-state index in [1.54, 1.807) is 54.4 Å². The topological polar surface area (TPSA) is 233 Å². The average Bonchev–Trinajstić information content (AvgIpc) is 1.60. The molecule has 6 amide bonds. The number of fused-ring (bicyclic) bond motifs is 2. The maximum atomic E-state index is 14.1. The molecule has 6 aliphatic rings. The molecule has 0 spiro atoms. The van der Waals surface area contributed by atoms with E-state index < -0.39 is 23.9 Å². The molecular weight excluding hydrogens is 1190 g/mol. The van der Waals surface area contributed by atoms with E-state index in [4.69, 9.17) is 28.9 Å². The van der Waals surface area contributed by atoms with Gasteiger partial charge in [-0.2, -0.15) is 0 Å². The van der Waals surface area contributed by atoms with Crippen molar-refractivity contribution < 1.29 is 52.5 Å². The predicted molar refractivity (Wildman–Crippen MR) is 365 cm³/mol. The van der Waals surface area contributed by atoms with Crippen LogP contribution >= 0.6 is 0 Å². The minimum atomic E-state index is -0.907. The van der Waals surface area contributed by atoms with Crippen molar-refractivity contribution in [1.82, 2.24) is 30.2 Å². The number of aldehydes is 1. The molecule has 3 N–H and O–H groups in total. The first kappa shape index (κ1) is 68.0. The highest BCUT2D eigenvalue weighted by molar-refractivity contribution is 6.06. The maximum Gasteiger partial charge on any atom is 0.260 e. The largest absolute Gasteiger partial charge is 0.493 e. The second kappa shape index (κ2) is 31.9. The molecular formula is C73H92N10O11. The summed E-state index contributed by atoms with van der Waals surface area (Å²) in [5.41, 5.74) is 7.55. The molecule has 5 aliphatic heterocycles. The van der Waals surface area contributed by atoms with Crippen molar-refractivity contribution in [2.45, 2.75) is 141 Å². The van der Waals surface area contributed by atoms with Gasteiger partial charge in [0, 0.05) is 119 Å². The molecule has 10 rings (SSSR count). The van der Waals surface area contributed by atoms with Gasteiger partial charge in [0.15, 0.2) is 29.3 Å². The third-order valence-electron chi connectivity index (χ3n) is 19.1. The second-order valence-electron chi connectivity index (χ2n) is 26.1. The average molecular weight is 1290 g/mol. The lowest BCUT2D eigenvalue weighted by Gasteiger charge is -2.34. The molecule has 5 unspecified atom stereocenters. The Balaban J connectivity index is 0.653. The summed E-state index contributed by atoms with van der Waals surface area (Å²) in [6, 6.07) is 20.6. The van der Waals surface area contributed by atoms with E-state index in [9.17, 15) is 33.6 Å². The number of nitrogens with one attached hydrogen (secondary N) is 3. The van der Waals surface area contributed by atoms with Crippen LogP contribution in [0.5, 0.6) is 23.0 Å². The first-order chi connectivity index (χ1) is 45.5. The van der Waals surface area contributed by atoms with Crippen LogP contribution in [0.4, 0.5) is 22.7 Å². The quantitative estimate of drug-likeness (QED) is 0.0218. The Kier molecular flexibility index (Phi) is 23.0. The van der Waals surface area contributed by atoms with E-state index in [0.29, 0.717) is 103 Å². The fraction of sp³-hybridized carbons (Fsp3) is 0.493. The smallest absolute Gasteiger partial charge is 0.260 e. The van der Waals surface area contributed by atoms with E-state index in [2.05, 4.69) is 57.1 Å². The first-order valence-electron chi connectivity index (χ1n) is 33.6. The van der Waals surface area contributed by atoms with E-state index in [1.807, 2.05) is 56.5 Å². The Hall–Kier alpha value is -8.85. The number of aliphatic imine (C=N–C) groups is 2. The van der Waals surface area contributed by atoms with E-state index in [0.717, 1.165) is 80.4 Å². The van der Waals surface area contributed by atoms with Gasteiger partial charge in [-0.1, -0.05) is 76.6 Å². The van der Waals surface area contributed by atoms with Crippen molar-refractivity contribution in [3.05, 3.63) is 107 Å². The number of imide groups is 1. The van der Waals surface area contributed by atoms with Crippen LogP contribution < -0.4 is 39.8 Å². The van der Waals surface area contributed by atoms with Gasteiger partial charge in [0.2, 0.25) is 29.5 Å². The highest BCUT2D eigenvalue weighted by Crippen LogP contribution is 2.42. The number of hydrogen-bond donors (Lipinski definition) is 3. The summed E-state index contributed by atoms with van der Waals surface area (Å²) in [6.45, 7) is 10.2. The summed E-state index contributed by atoms with van der Waals surface area (Å²) >= 11 is 0.